The fourth-order valence-electron chi connectivity index (χ4n) is 3.48. The molecule has 1 aromatic heterocycles. The van der Waals surface area contributed by atoms with Gasteiger partial charge in [-0.25, -0.2) is 0 Å². The van der Waals surface area contributed by atoms with Crippen LogP contribution in [0.5, 0.6) is 0 Å². The van der Waals surface area contributed by atoms with Gasteiger partial charge in [0.1, 0.15) is 11.2 Å². The van der Waals surface area contributed by atoms with Crippen LogP contribution in [-0.4, -0.2) is 62.2 Å². The van der Waals surface area contributed by atoms with Crippen LogP contribution in [0.15, 0.2) is 6.08 Å². The van der Waals surface area contributed by atoms with Crippen LogP contribution in [0.1, 0.15) is 43.9 Å². The number of rotatable bonds is 6. The smallest absolute Gasteiger partial charge is 0.247 e. The van der Waals surface area contributed by atoms with Gasteiger partial charge in [-0.3, -0.25) is 14.3 Å². The normalized spacial score (nSPS) is 20.2. The molecule has 1 aromatic rings. The molecule has 1 atom stereocenters. The predicted molar refractivity (Wildman–Crippen MR) is 110 cm³/mol. The van der Waals surface area contributed by atoms with Gasteiger partial charge < -0.3 is 9.80 Å². The van der Waals surface area contributed by atoms with Crippen molar-refractivity contribution in [1.29, 1.82) is 0 Å². The maximum absolute atomic E-state index is 12.7. The number of unbranched alkanes of at least 4 members (excludes halogenated alkanes) is 1. The molecule has 8 heteroatoms. The number of nitrogens with zero attached hydrogens (tertiary/aromatic N) is 4. The van der Waals surface area contributed by atoms with E-state index in [4.69, 9.17) is 11.6 Å². The summed E-state index contributed by atoms with van der Waals surface area (Å²) in [4.78, 5) is 29.0. The molecule has 0 spiro atoms. The second-order valence-electron chi connectivity index (χ2n) is 7.06. The average molecular weight is 411 g/mol. The molecule has 1 unspecified atom stereocenters. The van der Waals surface area contributed by atoms with Crippen LogP contribution in [0.4, 0.5) is 0 Å². The Labute approximate surface area is 169 Å². The lowest BCUT2D eigenvalue weighted by atomic mass is 10.2. The number of likely N-dealkylation sites (tertiary alicyclic amines) is 1. The topological polar surface area (TPSA) is 58.4 Å². The highest BCUT2D eigenvalue weighted by Crippen LogP contribution is 2.26. The van der Waals surface area contributed by atoms with Crippen molar-refractivity contribution in [2.24, 2.45) is 0 Å². The van der Waals surface area contributed by atoms with E-state index in [-0.39, 0.29) is 17.9 Å². The highest BCUT2D eigenvalue weighted by molar-refractivity contribution is 7.99. The summed E-state index contributed by atoms with van der Waals surface area (Å²) in [5.41, 5.74) is 1.58. The number of amides is 2. The molecule has 2 saturated heterocycles. The summed E-state index contributed by atoms with van der Waals surface area (Å²) in [7, 11) is 0. The van der Waals surface area contributed by atoms with Gasteiger partial charge in [-0.05, 0) is 32.3 Å². The van der Waals surface area contributed by atoms with Gasteiger partial charge in [-0.15, -0.1) is 11.8 Å². The van der Waals surface area contributed by atoms with Crippen LogP contribution in [-0.2, 0) is 16.1 Å². The van der Waals surface area contributed by atoms with Gasteiger partial charge in [-0.2, -0.15) is 5.10 Å². The van der Waals surface area contributed by atoms with Gasteiger partial charge >= 0.3 is 0 Å². The molecule has 0 bridgehead atoms. The molecule has 0 radical (unpaired) electrons. The van der Waals surface area contributed by atoms with Crippen LogP contribution in [0.2, 0.25) is 5.15 Å². The van der Waals surface area contributed by atoms with E-state index in [2.05, 4.69) is 12.0 Å². The van der Waals surface area contributed by atoms with E-state index in [0.29, 0.717) is 16.8 Å². The van der Waals surface area contributed by atoms with Crippen molar-refractivity contribution in [2.75, 3.05) is 24.7 Å². The lowest BCUT2D eigenvalue weighted by Crippen LogP contribution is -2.47. The number of hydrogen-bond donors (Lipinski definition) is 0. The summed E-state index contributed by atoms with van der Waals surface area (Å²) in [5.74, 6) is 1.16. The second-order valence-corrected chi connectivity index (χ2v) is 8.41. The van der Waals surface area contributed by atoms with Crippen LogP contribution >= 0.6 is 23.4 Å². The molecule has 3 heterocycles. The fraction of sp³-hybridized carbons (Fsp3) is 0.632. The van der Waals surface area contributed by atoms with Gasteiger partial charge in [0.15, 0.2) is 0 Å². The molecule has 2 aliphatic heterocycles. The maximum atomic E-state index is 12.7. The summed E-state index contributed by atoms with van der Waals surface area (Å²) in [6, 6.07) is -0.353. The third kappa shape index (κ3) is 4.51. The SMILES string of the molecule is CCCCn1nc(C)c(/C=C/C(=O)N2CSCC2C(=O)N2CCCC2)c1Cl. The minimum atomic E-state index is -0.353. The molecule has 0 aliphatic carbocycles. The van der Waals surface area contributed by atoms with Gasteiger partial charge in [0.05, 0.1) is 11.6 Å². The van der Waals surface area contributed by atoms with E-state index in [1.165, 1.54) is 6.08 Å². The third-order valence-electron chi connectivity index (χ3n) is 5.09. The number of thioether (sulfide) groups is 1. The summed E-state index contributed by atoms with van der Waals surface area (Å²) in [6.45, 7) is 6.40. The quantitative estimate of drug-likeness (QED) is 0.676. The summed E-state index contributed by atoms with van der Waals surface area (Å²) in [6.07, 6.45) is 7.44. The van der Waals surface area contributed by atoms with Gasteiger partial charge in [0.25, 0.3) is 0 Å². The van der Waals surface area contributed by atoms with E-state index < -0.39 is 0 Å². The first-order chi connectivity index (χ1) is 13.0. The van der Waals surface area contributed by atoms with E-state index in [1.807, 2.05) is 11.8 Å². The number of hydrogen-bond acceptors (Lipinski definition) is 4. The van der Waals surface area contributed by atoms with E-state index in [0.717, 1.165) is 56.6 Å². The van der Waals surface area contributed by atoms with Crippen LogP contribution in [0.25, 0.3) is 6.08 Å². The van der Waals surface area contributed by atoms with Crippen molar-refractivity contribution in [3.05, 3.63) is 22.5 Å². The highest BCUT2D eigenvalue weighted by atomic mass is 35.5. The number of aryl methyl sites for hydroxylation is 2. The van der Waals surface area contributed by atoms with Crippen molar-refractivity contribution < 1.29 is 9.59 Å². The van der Waals surface area contributed by atoms with Crippen molar-refractivity contribution in [2.45, 2.75) is 52.1 Å². The molecule has 6 nitrogen and oxygen atoms in total. The lowest BCUT2D eigenvalue weighted by molar-refractivity contribution is -0.140. The molecular formula is C19H27ClN4O2S. The van der Waals surface area contributed by atoms with Gasteiger partial charge in [-0.1, -0.05) is 24.9 Å². The Balaban J connectivity index is 1.69. The predicted octanol–water partition coefficient (Wildman–Crippen LogP) is 3.18. The summed E-state index contributed by atoms with van der Waals surface area (Å²) >= 11 is 8.06. The molecule has 2 aliphatic rings. The fourth-order valence-corrected chi connectivity index (χ4v) is 4.95. The first kappa shape index (κ1) is 20.3. The number of carbonyl (C=O) groups is 2. The molecule has 2 amide bonds. The monoisotopic (exact) mass is 410 g/mol. The Hall–Kier alpha value is -1.47. The standard InChI is InChI=1S/C19H27ClN4O2S/c1-3-4-11-24-18(20)15(14(2)21-24)7-8-17(25)23-13-27-12-16(23)19(26)22-9-5-6-10-22/h7-8,16H,3-6,9-13H2,1-2H3/b8-7+. The van der Waals surface area contributed by atoms with Gasteiger partial charge in [0.2, 0.25) is 11.8 Å². The maximum Gasteiger partial charge on any atom is 0.247 e. The average Bonchev–Trinajstić information content (AvgIpc) is 3.39. The van der Waals surface area contributed by atoms with Crippen molar-refractivity contribution in [1.82, 2.24) is 19.6 Å². The van der Waals surface area contributed by atoms with Crippen molar-refractivity contribution >= 4 is 41.3 Å². The Morgan fingerprint density at radius 1 is 1.33 bits per heavy atom. The van der Waals surface area contributed by atoms with Gasteiger partial charge in [0, 0.05) is 37.0 Å². The summed E-state index contributed by atoms with van der Waals surface area (Å²) < 4.78 is 1.79. The third-order valence-corrected chi connectivity index (χ3v) is 6.50. The zero-order valence-corrected chi connectivity index (χ0v) is 17.6. The molecule has 0 saturated carbocycles. The Morgan fingerprint density at radius 2 is 2.07 bits per heavy atom. The molecule has 27 heavy (non-hydrogen) atoms. The van der Waals surface area contributed by atoms with E-state index in [9.17, 15) is 9.59 Å². The number of halogens is 1. The zero-order chi connectivity index (χ0) is 19.4. The number of aromatic nitrogens is 2. The molecule has 148 valence electrons. The molecule has 0 N–H and O–H groups in total. The van der Waals surface area contributed by atoms with Crippen LogP contribution in [0, 0.1) is 6.92 Å². The number of carbonyl (C=O) groups excluding carboxylic acids is 2. The first-order valence-electron chi connectivity index (χ1n) is 9.61. The van der Waals surface area contributed by atoms with Crippen molar-refractivity contribution in [3.8, 4) is 0 Å². The Kier molecular flexibility index (Phi) is 6.87. The first-order valence-corrected chi connectivity index (χ1v) is 11.1. The summed E-state index contributed by atoms with van der Waals surface area (Å²) in [5, 5.41) is 5.02. The molecule has 2 fully saturated rings. The van der Waals surface area contributed by atoms with E-state index >= 15 is 0 Å². The van der Waals surface area contributed by atoms with Crippen molar-refractivity contribution in [3.63, 3.8) is 0 Å². The lowest BCUT2D eigenvalue weighted by Gasteiger charge is -2.26. The minimum absolute atomic E-state index is 0.0841. The minimum Gasteiger partial charge on any atom is -0.341 e. The van der Waals surface area contributed by atoms with Crippen LogP contribution in [0.3, 0.4) is 0 Å². The zero-order valence-electron chi connectivity index (χ0n) is 16.0. The largest absolute Gasteiger partial charge is 0.341 e. The second kappa shape index (κ2) is 9.15. The van der Waals surface area contributed by atoms with E-state index in [1.54, 1.807) is 27.4 Å². The molecule has 3 rings (SSSR count). The Morgan fingerprint density at radius 3 is 2.78 bits per heavy atom. The highest BCUT2D eigenvalue weighted by Gasteiger charge is 2.36. The molecule has 0 aromatic carbocycles. The molecular weight excluding hydrogens is 384 g/mol. The Bertz CT molecular complexity index is 728. The van der Waals surface area contributed by atoms with Crippen LogP contribution < -0.4 is 0 Å².